The van der Waals surface area contributed by atoms with Gasteiger partial charge in [0, 0.05) is 11.9 Å². The second-order valence-electron chi connectivity index (χ2n) is 6.54. The van der Waals surface area contributed by atoms with Crippen LogP contribution in [0.5, 0.6) is 0 Å². The Morgan fingerprint density at radius 3 is 2.85 bits per heavy atom. The van der Waals surface area contributed by atoms with Gasteiger partial charge in [-0.1, -0.05) is 30.3 Å². The van der Waals surface area contributed by atoms with Crippen molar-refractivity contribution in [3.05, 3.63) is 54.0 Å². The van der Waals surface area contributed by atoms with Crippen LogP contribution in [0.3, 0.4) is 0 Å². The van der Waals surface area contributed by atoms with Gasteiger partial charge in [0.2, 0.25) is 0 Å². The number of anilines is 1. The van der Waals surface area contributed by atoms with E-state index in [4.69, 9.17) is 10.5 Å². The van der Waals surface area contributed by atoms with Crippen molar-refractivity contribution >= 4 is 28.6 Å². The molecule has 0 aliphatic rings. The van der Waals surface area contributed by atoms with Gasteiger partial charge >= 0.3 is 0 Å². The van der Waals surface area contributed by atoms with Crippen LogP contribution in [0.15, 0.2) is 42.9 Å². The molecule has 3 aromatic rings. The van der Waals surface area contributed by atoms with Gasteiger partial charge in [-0.15, -0.1) is 0 Å². The van der Waals surface area contributed by atoms with Gasteiger partial charge in [0.25, 0.3) is 0 Å². The largest absolute Gasteiger partial charge is 0.392 e. The molecule has 0 bridgehead atoms. The third-order valence-electron chi connectivity index (χ3n) is 4.44. The number of nitrogens with two attached hydrogens (primary N) is 1. The molecule has 1 aromatic carbocycles. The average Bonchev–Trinajstić information content (AvgIpc) is 3.02. The third-order valence-corrected chi connectivity index (χ3v) is 5.16. The predicted octanol–water partition coefficient (Wildman–Crippen LogP) is 3.23. The lowest BCUT2D eigenvalue weighted by Crippen LogP contribution is -2.09. The van der Waals surface area contributed by atoms with Crippen molar-refractivity contribution < 1.29 is 9.84 Å². The van der Waals surface area contributed by atoms with Gasteiger partial charge in [0.1, 0.15) is 18.6 Å². The Morgan fingerprint density at radius 1 is 1.26 bits per heavy atom. The highest BCUT2D eigenvalue weighted by molar-refractivity contribution is 7.98. The first kappa shape index (κ1) is 19.7. The van der Waals surface area contributed by atoms with E-state index in [2.05, 4.69) is 9.97 Å². The molecule has 1 atom stereocenters. The summed E-state index contributed by atoms with van der Waals surface area (Å²) in [5.74, 6) is 1.22. The van der Waals surface area contributed by atoms with E-state index >= 15 is 0 Å². The first-order valence-electron chi connectivity index (χ1n) is 9.06. The van der Waals surface area contributed by atoms with E-state index in [-0.39, 0.29) is 6.10 Å². The summed E-state index contributed by atoms with van der Waals surface area (Å²) in [7, 11) is 0. The zero-order valence-corrected chi connectivity index (χ0v) is 16.4. The number of nitrogens with zero attached hydrogens (tertiary/aromatic N) is 3. The summed E-state index contributed by atoms with van der Waals surface area (Å²) in [6.45, 7) is 0.919. The number of aliphatic hydroxyl groups is 1. The Bertz CT molecular complexity index is 854. The minimum Gasteiger partial charge on any atom is -0.392 e. The van der Waals surface area contributed by atoms with Crippen LogP contribution in [-0.4, -0.2) is 37.8 Å². The number of rotatable bonds is 10. The Kier molecular flexibility index (Phi) is 7.09. The van der Waals surface area contributed by atoms with Crippen molar-refractivity contribution in [2.24, 2.45) is 0 Å². The maximum absolute atomic E-state index is 9.92. The van der Waals surface area contributed by atoms with E-state index in [9.17, 15) is 5.11 Å². The number of aliphatic hydroxyl groups excluding tert-OH is 1. The Hall–Kier alpha value is -2.09. The molecule has 0 amide bonds. The maximum atomic E-state index is 9.92. The van der Waals surface area contributed by atoms with Crippen molar-refractivity contribution in [1.82, 2.24) is 14.5 Å². The van der Waals surface area contributed by atoms with Gasteiger partial charge in [0.15, 0.2) is 5.82 Å². The second kappa shape index (κ2) is 9.73. The van der Waals surface area contributed by atoms with Crippen molar-refractivity contribution in [2.75, 3.05) is 17.7 Å². The maximum Gasteiger partial charge on any atom is 0.151 e. The lowest BCUT2D eigenvalue weighted by Gasteiger charge is -2.08. The van der Waals surface area contributed by atoms with Gasteiger partial charge in [-0.05, 0) is 36.6 Å². The first-order chi connectivity index (χ1) is 13.2. The molecule has 2 heterocycles. The molecule has 3 rings (SSSR count). The van der Waals surface area contributed by atoms with Crippen molar-refractivity contribution in [3.63, 3.8) is 0 Å². The van der Waals surface area contributed by atoms with E-state index in [1.54, 1.807) is 11.8 Å². The van der Waals surface area contributed by atoms with Crippen molar-refractivity contribution in [3.8, 4) is 0 Å². The fourth-order valence-corrected chi connectivity index (χ4v) is 3.70. The SMILES string of the molecule is CSC[C@@H](O)CCCc1cn(COCc2ccccc2)c2c(N)ncnc12. The predicted molar refractivity (Wildman–Crippen MR) is 110 cm³/mol. The molecule has 27 heavy (non-hydrogen) atoms. The van der Waals surface area contributed by atoms with Crippen LogP contribution in [0, 0.1) is 0 Å². The third kappa shape index (κ3) is 5.22. The molecule has 0 fully saturated rings. The fourth-order valence-electron chi connectivity index (χ4n) is 3.15. The van der Waals surface area contributed by atoms with Crippen LogP contribution in [0.2, 0.25) is 0 Å². The van der Waals surface area contributed by atoms with E-state index in [0.717, 1.165) is 47.2 Å². The molecule has 2 aromatic heterocycles. The topological polar surface area (TPSA) is 86.2 Å². The molecule has 0 aliphatic heterocycles. The lowest BCUT2D eigenvalue weighted by molar-refractivity contribution is 0.0667. The molecule has 0 spiro atoms. The molecular weight excluding hydrogens is 360 g/mol. The van der Waals surface area contributed by atoms with Crippen molar-refractivity contribution in [2.45, 2.75) is 38.7 Å². The fraction of sp³-hybridized carbons (Fsp3) is 0.400. The second-order valence-corrected chi connectivity index (χ2v) is 7.46. The summed E-state index contributed by atoms with van der Waals surface area (Å²) in [6.07, 6.45) is 7.80. The number of aromatic nitrogens is 3. The zero-order chi connectivity index (χ0) is 19.1. The number of ether oxygens (including phenoxy) is 1. The number of nitrogen functional groups attached to an aromatic ring is 1. The average molecular weight is 387 g/mol. The first-order valence-corrected chi connectivity index (χ1v) is 10.4. The number of hydrogen-bond acceptors (Lipinski definition) is 6. The smallest absolute Gasteiger partial charge is 0.151 e. The summed E-state index contributed by atoms with van der Waals surface area (Å²) in [6, 6.07) is 10.1. The number of hydrogen-bond donors (Lipinski definition) is 2. The van der Waals surface area contributed by atoms with Crippen LogP contribution in [0.1, 0.15) is 24.0 Å². The molecule has 6 nitrogen and oxygen atoms in total. The van der Waals surface area contributed by atoms with Crippen LogP contribution in [0.25, 0.3) is 11.0 Å². The Morgan fingerprint density at radius 2 is 2.07 bits per heavy atom. The molecule has 0 saturated heterocycles. The summed E-state index contributed by atoms with van der Waals surface area (Å²) >= 11 is 1.66. The number of aryl methyl sites for hydroxylation is 1. The number of fused-ring (bicyclic) bond motifs is 1. The molecular formula is C20H26N4O2S. The normalized spacial score (nSPS) is 12.5. The molecule has 0 aliphatic carbocycles. The van der Waals surface area contributed by atoms with E-state index < -0.39 is 0 Å². The minimum atomic E-state index is -0.262. The van der Waals surface area contributed by atoms with Gasteiger partial charge < -0.3 is 20.1 Å². The summed E-state index contributed by atoms with van der Waals surface area (Å²) in [5, 5.41) is 9.92. The number of thioether (sulfide) groups is 1. The van der Waals surface area contributed by atoms with Gasteiger partial charge in [-0.3, -0.25) is 0 Å². The molecule has 144 valence electrons. The van der Waals surface area contributed by atoms with Gasteiger partial charge in [-0.2, -0.15) is 11.8 Å². The zero-order valence-electron chi connectivity index (χ0n) is 15.5. The van der Waals surface area contributed by atoms with E-state index in [0.29, 0.717) is 19.2 Å². The van der Waals surface area contributed by atoms with Crippen LogP contribution >= 0.6 is 11.8 Å². The molecule has 3 N–H and O–H groups in total. The highest BCUT2D eigenvalue weighted by atomic mass is 32.2. The van der Waals surface area contributed by atoms with Crippen molar-refractivity contribution in [1.29, 1.82) is 0 Å². The monoisotopic (exact) mass is 386 g/mol. The van der Waals surface area contributed by atoms with Gasteiger partial charge in [0.05, 0.1) is 18.2 Å². The van der Waals surface area contributed by atoms with Gasteiger partial charge in [-0.25, -0.2) is 9.97 Å². The quantitative estimate of drug-likeness (QED) is 0.556. The molecule has 0 unspecified atom stereocenters. The van der Waals surface area contributed by atoms with E-state index in [1.807, 2.05) is 47.4 Å². The Labute approximate surface area is 163 Å². The highest BCUT2D eigenvalue weighted by Gasteiger charge is 2.14. The molecule has 0 radical (unpaired) electrons. The van der Waals surface area contributed by atoms with Crippen LogP contribution < -0.4 is 5.73 Å². The van der Waals surface area contributed by atoms with E-state index in [1.165, 1.54) is 6.33 Å². The molecule has 0 saturated carbocycles. The highest BCUT2D eigenvalue weighted by Crippen LogP contribution is 2.25. The summed E-state index contributed by atoms with van der Waals surface area (Å²) < 4.78 is 7.84. The Balaban J connectivity index is 1.69. The molecule has 7 heteroatoms. The summed E-state index contributed by atoms with van der Waals surface area (Å²) in [5.41, 5.74) is 10.0. The summed E-state index contributed by atoms with van der Waals surface area (Å²) in [4.78, 5) is 8.56. The minimum absolute atomic E-state index is 0.262. The number of benzene rings is 1. The standard InChI is InChI=1S/C20H26N4O2S/c1-27-12-17(25)9-5-8-16-10-24(19-18(16)22-13-23-20(19)21)14-26-11-15-6-3-2-4-7-15/h2-4,6-7,10,13,17,25H,5,8-9,11-12,14H2,1H3,(H2,21,22,23)/t17-/m0/s1. The lowest BCUT2D eigenvalue weighted by atomic mass is 10.1. The van der Waals surface area contributed by atoms with Crippen LogP contribution in [0.4, 0.5) is 5.82 Å². The van der Waals surface area contributed by atoms with Crippen LogP contribution in [-0.2, 0) is 24.5 Å².